The van der Waals surface area contributed by atoms with Crippen LogP contribution in [0.5, 0.6) is 0 Å². The Labute approximate surface area is 137 Å². The van der Waals surface area contributed by atoms with Crippen LogP contribution in [-0.2, 0) is 17.9 Å². The molecule has 23 heavy (non-hydrogen) atoms. The molecule has 5 nitrogen and oxygen atoms in total. The topological polar surface area (TPSA) is 41.4 Å². The van der Waals surface area contributed by atoms with Gasteiger partial charge in [0.25, 0.3) is 0 Å². The highest BCUT2D eigenvalue weighted by Gasteiger charge is 2.21. The molecule has 0 bridgehead atoms. The fourth-order valence-electron chi connectivity index (χ4n) is 2.97. The molecular formula is C18H24N4O. The zero-order valence-electron chi connectivity index (χ0n) is 13.9. The molecule has 3 rings (SSSR count). The number of hydrogen-bond acceptors (Lipinski definition) is 3. The lowest BCUT2D eigenvalue weighted by atomic mass is 10.1. The molecule has 0 aliphatic carbocycles. The number of benzene rings is 1. The predicted molar refractivity (Wildman–Crippen MR) is 90.0 cm³/mol. The Morgan fingerprint density at radius 3 is 2.48 bits per heavy atom. The van der Waals surface area contributed by atoms with Gasteiger partial charge in [-0.3, -0.25) is 14.4 Å². The van der Waals surface area contributed by atoms with Crippen LogP contribution in [0.3, 0.4) is 0 Å². The van der Waals surface area contributed by atoms with Crippen LogP contribution >= 0.6 is 0 Å². The maximum absolute atomic E-state index is 12.3. The minimum atomic E-state index is 0.156. The van der Waals surface area contributed by atoms with Gasteiger partial charge in [-0.2, -0.15) is 5.10 Å². The molecule has 1 aliphatic rings. The van der Waals surface area contributed by atoms with E-state index in [1.807, 2.05) is 24.1 Å². The highest BCUT2D eigenvalue weighted by atomic mass is 16.2. The van der Waals surface area contributed by atoms with Crippen molar-refractivity contribution in [2.45, 2.75) is 26.9 Å². The number of hydrogen-bond donors (Lipinski definition) is 0. The standard InChI is InChI=1S/C18H24N4O/c1-15-5-3-4-6-17(15)13-20-9-11-21(12-10-20)18(23)14-22-8-7-16(2)19-22/h3-8H,9-14H2,1-2H3. The largest absolute Gasteiger partial charge is 0.339 e. The van der Waals surface area contributed by atoms with Crippen LogP contribution in [0.4, 0.5) is 0 Å². The Bertz CT molecular complexity index is 671. The van der Waals surface area contributed by atoms with Crippen molar-refractivity contribution in [2.75, 3.05) is 26.2 Å². The Hall–Kier alpha value is -2.14. The van der Waals surface area contributed by atoms with Crippen molar-refractivity contribution in [1.82, 2.24) is 19.6 Å². The van der Waals surface area contributed by atoms with E-state index in [1.165, 1.54) is 11.1 Å². The SMILES string of the molecule is Cc1ccn(CC(=O)N2CCN(Cc3ccccc3C)CC2)n1. The van der Waals surface area contributed by atoms with Crippen LogP contribution in [0.25, 0.3) is 0 Å². The monoisotopic (exact) mass is 312 g/mol. The third kappa shape index (κ3) is 3.99. The Morgan fingerprint density at radius 2 is 1.83 bits per heavy atom. The van der Waals surface area contributed by atoms with Gasteiger partial charge in [-0.1, -0.05) is 24.3 Å². The summed E-state index contributed by atoms with van der Waals surface area (Å²) in [6.45, 7) is 8.84. The number of carbonyl (C=O) groups excluding carboxylic acids is 1. The number of piperazine rings is 1. The molecule has 1 aromatic heterocycles. The van der Waals surface area contributed by atoms with Crippen molar-refractivity contribution < 1.29 is 4.79 Å². The molecule has 1 fully saturated rings. The van der Waals surface area contributed by atoms with Gasteiger partial charge in [0.15, 0.2) is 0 Å². The summed E-state index contributed by atoms with van der Waals surface area (Å²) >= 11 is 0. The molecule has 2 heterocycles. The predicted octanol–water partition coefficient (Wildman–Crippen LogP) is 1.84. The van der Waals surface area contributed by atoms with E-state index in [-0.39, 0.29) is 5.91 Å². The number of rotatable bonds is 4. The second-order valence-electron chi connectivity index (χ2n) is 6.24. The zero-order chi connectivity index (χ0) is 16.2. The molecule has 0 N–H and O–H groups in total. The van der Waals surface area contributed by atoms with Gasteiger partial charge in [0.2, 0.25) is 5.91 Å². The van der Waals surface area contributed by atoms with Gasteiger partial charge in [-0.15, -0.1) is 0 Å². The molecule has 1 saturated heterocycles. The van der Waals surface area contributed by atoms with Crippen molar-refractivity contribution in [1.29, 1.82) is 0 Å². The van der Waals surface area contributed by atoms with E-state index < -0.39 is 0 Å². The summed E-state index contributed by atoms with van der Waals surface area (Å²) < 4.78 is 1.72. The summed E-state index contributed by atoms with van der Waals surface area (Å²) in [5.41, 5.74) is 3.65. The van der Waals surface area contributed by atoms with Gasteiger partial charge in [0, 0.05) is 38.9 Å². The fraction of sp³-hybridized carbons (Fsp3) is 0.444. The maximum Gasteiger partial charge on any atom is 0.244 e. The quantitative estimate of drug-likeness (QED) is 0.865. The molecule has 1 aliphatic heterocycles. The van der Waals surface area contributed by atoms with Gasteiger partial charge >= 0.3 is 0 Å². The molecule has 5 heteroatoms. The van der Waals surface area contributed by atoms with Gasteiger partial charge < -0.3 is 4.90 Å². The maximum atomic E-state index is 12.3. The minimum absolute atomic E-state index is 0.156. The molecule has 0 atom stereocenters. The second-order valence-corrected chi connectivity index (χ2v) is 6.24. The average Bonchev–Trinajstić information content (AvgIpc) is 2.95. The molecular weight excluding hydrogens is 288 g/mol. The molecule has 2 aromatic rings. The summed E-state index contributed by atoms with van der Waals surface area (Å²) in [7, 11) is 0. The molecule has 0 radical (unpaired) electrons. The summed E-state index contributed by atoms with van der Waals surface area (Å²) in [5.74, 6) is 0.156. The Kier molecular flexibility index (Phi) is 4.76. The van der Waals surface area contributed by atoms with E-state index in [0.29, 0.717) is 6.54 Å². The van der Waals surface area contributed by atoms with Crippen molar-refractivity contribution >= 4 is 5.91 Å². The van der Waals surface area contributed by atoms with E-state index in [0.717, 1.165) is 38.4 Å². The first-order chi connectivity index (χ1) is 11.1. The molecule has 0 saturated carbocycles. The molecule has 1 amide bonds. The van der Waals surface area contributed by atoms with Crippen LogP contribution in [0.1, 0.15) is 16.8 Å². The lowest BCUT2D eigenvalue weighted by molar-refractivity contribution is -0.133. The summed E-state index contributed by atoms with van der Waals surface area (Å²) in [4.78, 5) is 16.7. The summed E-state index contributed by atoms with van der Waals surface area (Å²) in [6.07, 6.45) is 1.86. The number of aryl methyl sites for hydroxylation is 2. The van der Waals surface area contributed by atoms with Crippen LogP contribution in [0, 0.1) is 13.8 Å². The van der Waals surface area contributed by atoms with Gasteiger partial charge in [-0.05, 0) is 31.0 Å². The van der Waals surface area contributed by atoms with E-state index >= 15 is 0 Å². The van der Waals surface area contributed by atoms with Crippen molar-refractivity contribution in [2.24, 2.45) is 0 Å². The minimum Gasteiger partial charge on any atom is -0.339 e. The molecule has 1 aromatic carbocycles. The van der Waals surface area contributed by atoms with Gasteiger partial charge in [0.05, 0.1) is 5.69 Å². The molecule has 122 valence electrons. The van der Waals surface area contributed by atoms with Gasteiger partial charge in [-0.25, -0.2) is 0 Å². The van der Waals surface area contributed by atoms with Crippen molar-refractivity contribution in [3.8, 4) is 0 Å². The average molecular weight is 312 g/mol. The van der Waals surface area contributed by atoms with Crippen LogP contribution in [-0.4, -0.2) is 51.7 Å². The van der Waals surface area contributed by atoms with E-state index in [1.54, 1.807) is 4.68 Å². The zero-order valence-corrected chi connectivity index (χ0v) is 13.9. The highest BCUT2D eigenvalue weighted by molar-refractivity contribution is 5.76. The molecule has 0 unspecified atom stereocenters. The third-order valence-corrected chi connectivity index (χ3v) is 4.45. The van der Waals surface area contributed by atoms with Crippen LogP contribution in [0.15, 0.2) is 36.5 Å². The van der Waals surface area contributed by atoms with E-state index in [9.17, 15) is 4.79 Å². The lowest BCUT2D eigenvalue weighted by Gasteiger charge is -2.35. The van der Waals surface area contributed by atoms with Crippen molar-refractivity contribution in [3.05, 3.63) is 53.3 Å². The highest BCUT2D eigenvalue weighted by Crippen LogP contribution is 2.12. The fourth-order valence-corrected chi connectivity index (χ4v) is 2.97. The Balaban J connectivity index is 1.50. The number of aromatic nitrogens is 2. The smallest absolute Gasteiger partial charge is 0.244 e. The van der Waals surface area contributed by atoms with E-state index in [4.69, 9.17) is 0 Å². The van der Waals surface area contributed by atoms with Crippen molar-refractivity contribution in [3.63, 3.8) is 0 Å². The van der Waals surface area contributed by atoms with Gasteiger partial charge in [0.1, 0.15) is 6.54 Å². The first-order valence-electron chi connectivity index (χ1n) is 8.16. The normalized spacial score (nSPS) is 15.8. The summed E-state index contributed by atoms with van der Waals surface area (Å²) in [5, 5.41) is 4.28. The molecule has 0 spiro atoms. The summed E-state index contributed by atoms with van der Waals surface area (Å²) in [6, 6.07) is 10.4. The van der Waals surface area contributed by atoms with Crippen LogP contribution < -0.4 is 0 Å². The third-order valence-electron chi connectivity index (χ3n) is 4.45. The first-order valence-corrected chi connectivity index (χ1v) is 8.16. The van der Waals surface area contributed by atoms with E-state index in [2.05, 4.69) is 41.2 Å². The number of carbonyl (C=O) groups is 1. The number of nitrogens with zero attached hydrogens (tertiary/aromatic N) is 4. The lowest BCUT2D eigenvalue weighted by Crippen LogP contribution is -2.49. The second kappa shape index (κ2) is 6.96. The Morgan fingerprint density at radius 1 is 1.09 bits per heavy atom. The first kappa shape index (κ1) is 15.7. The number of amides is 1. The van der Waals surface area contributed by atoms with Crippen LogP contribution in [0.2, 0.25) is 0 Å².